The maximum absolute atomic E-state index is 13.5. The van der Waals surface area contributed by atoms with Gasteiger partial charge in [-0.15, -0.1) is 0 Å². The van der Waals surface area contributed by atoms with Crippen molar-refractivity contribution in [1.82, 2.24) is 10.0 Å². The molecule has 2 aromatic rings. The highest BCUT2D eigenvalue weighted by atomic mass is 32.2. The molecule has 0 bridgehead atoms. The lowest BCUT2D eigenvalue weighted by Gasteiger charge is -2.38. The van der Waals surface area contributed by atoms with Crippen LogP contribution in [-0.2, 0) is 17.5 Å². The molecule has 10 heteroatoms. The summed E-state index contributed by atoms with van der Waals surface area (Å²) < 4.78 is 94.2. The van der Waals surface area contributed by atoms with Crippen LogP contribution in [0.15, 0.2) is 65.6 Å². The van der Waals surface area contributed by atoms with Gasteiger partial charge in [0, 0.05) is 6.54 Å². The minimum absolute atomic E-state index is 0.206. The summed E-state index contributed by atoms with van der Waals surface area (Å²) in [5.74, 6) is 0. The van der Waals surface area contributed by atoms with E-state index in [1.807, 2.05) is 0 Å². The summed E-state index contributed by atoms with van der Waals surface area (Å²) in [5.41, 5.74) is -4.34. The molecule has 0 fully saturated rings. The molecule has 0 amide bonds. The maximum Gasteiger partial charge on any atom is 0.430 e. The van der Waals surface area contributed by atoms with E-state index in [2.05, 4.69) is 0 Å². The van der Waals surface area contributed by atoms with E-state index in [4.69, 9.17) is 0 Å². The lowest BCUT2D eigenvalue weighted by molar-refractivity contribution is -0.312. The van der Waals surface area contributed by atoms with Crippen LogP contribution in [0.25, 0.3) is 0 Å². The van der Waals surface area contributed by atoms with E-state index in [-0.39, 0.29) is 10.5 Å². The highest BCUT2D eigenvalue weighted by Gasteiger charge is 2.72. The zero-order valence-corrected chi connectivity index (χ0v) is 13.9. The summed E-state index contributed by atoms with van der Waals surface area (Å²) in [5, 5.41) is 1.48. The monoisotopic (exact) mass is 396 g/mol. The van der Waals surface area contributed by atoms with E-state index in [9.17, 15) is 30.6 Å². The topological polar surface area (TPSA) is 41.1 Å². The van der Waals surface area contributed by atoms with Crippen LogP contribution in [0.5, 0.6) is 0 Å². The summed E-state index contributed by atoms with van der Waals surface area (Å²) in [6.07, 6.45) is -11.6. The zero-order valence-electron chi connectivity index (χ0n) is 13.1. The molecular formula is C16H14F6N2OS. The first-order valence-corrected chi connectivity index (χ1v) is 8.39. The van der Waals surface area contributed by atoms with Crippen molar-refractivity contribution in [2.24, 2.45) is 0 Å². The van der Waals surface area contributed by atoms with E-state index in [0.29, 0.717) is 0 Å². The number of hydrogen-bond acceptors (Lipinski definition) is 2. The third kappa shape index (κ3) is 4.43. The smallest absolute Gasteiger partial charge is 0.279 e. The van der Waals surface area contributed by atoms with Crippen molar-refractivity contribution in [3.8, 4) is 0 Å². The second-order valence-electron chi connectivity index (χ2n) is 5.27. The van der Waals surface area contributed by atoms with Gasteiger partial charge in [0.2, 0.25) is 0 Å². The lowest BCUT2D eigenvalue weighted by atomic mass is 10.1. The van der Waals surface area contributed by atoms with Crippen molar-refractivity contribution in [1.29, 1.82) is 0 Å². The van der Waals surface area contributed by atoms with Crippen molar-refractivity contribution >= 4 is 11.0 Å². The molecule has 1 atom stereocenters. The molecule has 2 rings (SSSR count). The predicted octanol–water partition coefficient (Wildman–Crippen LogP) is 3.91. The molecule has 0 heterocycles. The highest BCUT2D eigenvalue weighted by molar-refractivity contribution is 7.83. The van der Waals surface area contributed by atoms with Crippen molar-refractivity contribution in [2.45, 2.75) is 29.5 Å². The van der Waals surface area contributed by atoms with Gasteiger partial charge in [0.05, 0.1) is 4.90 Å². The predicted molar refractivity (Wildman–Crippen MR) is 84.1 cm³/mol. The van der Waals surface area contributed by atoms with E-state index in [1.165, 1.54) is 52.5 Å². The largest absolute Gasteiger partial charge is 0.430 e. The number of hydrogen-bond donors (Lipinski definition) is 2. The average molecular weight is 396 g/mol. The molecule has 3 nitrogen and oxygen atoms in total. The second kappa shape index (κ2) is 7.77. The van der Waals surface area contributed by atoms with Gasteiger partial charge >= 0.3 is 12.4 Å². The Bertz CT molecular complexity index is 720. The van der Waals surface area contributed by atoms with Crippen molar-refractivity contribution in [3.05, 3.63) is 66.2 Å². The Morgan fingerprint density at radius 3 is 1.69 bits per heavy atom. The number of halogens is 6. The Morgan fingerprint density at radius 1 is 0.769 bits per heavy atom. The van der Waals surface area contributed by atoms with Crippen LogP contribution in [0.1, 0.15) is 5.56 Å². The minimum Gasteiger partial charge on any atom is -0.279 e. The van der Waals surface area contributed by atoms with Gasteiger partial charge in [0.1, 0.15) is 11.0 Å². The molecule has 0 aromatic heterocycles. The summed E-state index contributed by atoms with van der Waals surface area (Å²) in [7, 11) is -2.76. The summed E-state index contributed by atoms with van der Waals surface area (Å²) >= 11 is 0. The van der Waals surface area contributed by atoms with E-state index < -0.39 is 35.5 Å². The number of nitrogens with one attached hydrogen (secondary N) is 2. The summed E-state index contributed by atoms with van der Waals surface area (Å²) in [4.78, 5) is -0.216. The van der Waals surface area contributed by atoms with Crippen LogP contribution in [0.2, 0.25) is 0 Å². The fourth-order valence-electron chi connectivity index (χ4n) is 2.09. The van der Waals surface area contributed by atoms with E-state index >= 15 is 0 Å². The average Bonchev–Trinajstić information content (AvgIpc) is 2.58. The number of alkyl halides is 6. The molecule has 0 saturated carbocycles. The third-order valence-electron chi connectivity index (χ3n) is 3.45. The maximum atomic E-state index is 13.5. The molecule has 26 heavy (non-hydrogen) atoms. The molecule has 2 aromatic carbocycles. The highest BCUT2D eigenvalue weighted by Crippen LogP contribution is 2.42. The lowest BCUT2D eigenvalue weighted by Crippen LogP contribution is -2.74. The molecule has 0 radical (unpaired) electrons. The van der Waals surface area contributed by atoms with Gasteiger partial charge in [0.15, 0.2) is 0 Å². The van der Waals surface area contributed by atoms with E-state index in [1.54, 1.807) is 6.07 Å². The number of rotatable bonds is 6. The van der Waals surface area contributed by atoms with Gasteiger partial charge in [0.25, 0.3) is 5.66 Å². The summed E-state index contributed by atoms with van der Waals surface area (Å²) in [6.45, 7) is -0.737. The summed E-state index contributed by atoms with van der Waals surface area (Å²) in [6, 6.07) is 13.8. The normalized spacial score (nSPS) is 14.2. The second-order valence-corrected chi connectivity index (χ2v) is 6.48. The van der Waals surface area contributed by atoms with Crippen molar-refractivity contribution < 1.29 is 30.6 Å². The van der Waals surface area contributed by atoms with Gasteiger partial charge in [-0.3, -0.25) is 5.32 Å². The van der Waals surface area contributed by atoms with Crippen LogP contribution in [0, 0.1) is 0 Å². The molecule has 0 aliphatic carbocycles. The molecule has 0 spiro atoms. The molecule has 0 saturated heterocycles. The Balaban J connectivity index is 2.38. The van der Waals surface area contributed by atoms with Crippen LogP contribution in [-0.4, -0.2) is 22.2 Å². The van der Waals surface area contributed by atoms with Crippen molar-refractivity contribution in [2.75, 3.05) is 0 Å². The van der Waals surface area contributed by atoms with Crippen LogP contribution in [0.3, 0.4) is 0 Å². The zero-order chi connectivity index (χ0) is 19.4. The fraction of sp³-hybridized carbons (Fsp3) is 0.250. The van der Waals surface area contributed by atoms with Gasteiger partial charge in [-0.2, -0.15) is 31.1 Å². The van der Waals surface area contributed by atoms with Gasteiger partial charge in [-0.1, -0.05) is 48.5 Å². The van der Waals surface area contributed by atoms with E-state index in [0.717, 1.165) is 12.1 Å². The first kappa shape index (κ1) is 20.4. The Labute approximate surface area is 148 Å². The minimum atomic E-state index is -5.80. The first-order valence-electron chi connectivity index (χ1n) is 7.24. The SMILES string of the molecule is O=S(NC(NCc1ccccc1)(C(F)(F)F)C(F)(F)F)c1ccccc1. The molecular weight excluding hydrogens is 382 g/mol. The molecule has 0 aliphatic heterocycles. The quantitative estimate of drug-likeness (QED) is 0.574. The Hall–Kier alpha value is -1.91. The molecule has 2 N–H and O–H groups in total. The van der Waals surface area contributed by atoms with Gasteiger partial charge in [-0.05, 0) is 17.7 Å². The first-order chi connectivity index (χ1) is 12.1. The Morgan fingerprint density at radius 2 is 1.23 bits per heavy atom. The van der Waals surface area contributed by atoms with Gasteiger partial charge in [-0.25, -0.2) is 4.21 Å². The number of benzene rings is 2. The standard InChI is InChI=1S/C16H14F6N2OS/c17-15(18,19)14(16(20,21)22,23-11-12-7-3-1-4-8-12)24-26(25)13-9-5-2-6-10-13/h1-10,23-24H,11H2. The Kier molecular flexibility index (Phi) is 6.09. The third-order valence-corrected chi connectivity index (χ3v) is 4.65. The molecule has 0 aliphatic rings. The van der Waals surface area contributed by atoms with Crippen LogP contribution < -0.4 is 10.0 Å². The van der Waals surface area contributed by atoms with Crippen LogP contribution in [0.4, 0.5) is 26.3 Å². The van der Waals surface area contributed by atoms with Gasteiger partial charge < -0.3 is 0 Å². The molecule has 1 unspecified atom stereocenters. The molecule has 142 valence electrons. The van der Waals surface area contributed by atoms with Crippen LogP contribution >= 0.6 is 0 Å². The fourth-order valence-corrected chi connectivity index (χ4v) is 3.19. The van der Waals surface area contributed by atoms with Crippen molar-refractivity contribution in [3.63, 3.8) is 0 Å².